The molecule has 3 N–H and O–H groups in total. The van der Waals surface area contributed by atoms with Gasteiger partial charge >= 0.3 is 0 Å². The minimum absolute atomic E-state index is 0.0136. The molecule has 0 radical (unpaired) electrons. The van der Waals surface area contributed by atoms with Crippen LogP contribution in [0.3, 0.4) is 0 Å². The Kier molecular flexibility index (Phi) is 6.26. The van der Waals surface area contributed by atoms with E-state index in [0.717, 1.165) is 12.8 Å². The van der Waals surface area contributed by atoms with Crippen molar-refractivity contribution in [1.29, 1.82) is 0 Å². The van der Waals surface area contributed by atoms with Crippen LogP contribution in [-0.4, -0.2) is 5.91 Å². The van der Waals surface area contributed by atoms with Crippen molar-refractivity contribution in [3.8, 4) is 0 Å². The summed E-state index contributed by atoms with van der Waals surface area (Å²) in [5.41, 5.74) is 2.20. The topological polar surface area (TPSA) is 55.1 Å². The summed E-state index contributed by atoms with van der Waals surface area (Å²) in [6, 6.07) is 12.0. The number of carbonyl (C=O) groups excluding carboxylic acids is 1. The molecule has 0 atom stereocenters. The van der Waals surface area contributed by atoms with Gasteiger partial charge in [0.25, 0.3) is 0 Å². The molecular formula is C13H20N2O. The second-order valence-electron chi connectivity index (χ2n) is 4.00. The van der Waals surface area contributed by atoms with Gasteiger partial charge in [0.1, 0.15) is 0 Å². The maximum atomic E-state index is 10.9. The SMILES string of the molecule is NNC(=O)C1CCCCC1.c1ccccc1. The van der Waals surface area contributed by atoms with E-state index >= 15 is 0 Å². The monoisotopic (exact) mass is 220 g/mol. The highest BCUT2D eigenvalue weighted by atomic mass is 16.2. The Bertz CT molecular complexity index is 255. The van der Waals surface area contributed by atoms with Gasteiger partial charge in [-0.2, -0.15) is 0 Å². The fourth-order valence-corrected chi connectivity index (χ4v) is 1.87. The molecule has 1 saturated carbocycles. The lowest BCUT2D eigenvalue weighted by molar-refractivity contribution is -0.125. The van der Waals surface area contributed by atoms with Crippen LogP contribution in [-0.2, 0) is 4.79 Å². The number of hydrogen-bond acceptors (Lipinski definition) is 2. The molecule has 1 fully saturated rings. The maximum Gasteiger partial charge on any atom is 0.236 e. The Hall–Kier alpha value is -1.35. The van der Waals surface area contributed by atoms with E-state index in [4.69, 9.17) is 5.84 Å². The normalized spacial score (nSPS) is 15.8. The summed E-state index contributed by atoms with van der Waals surface area (Å²) < 4.78 is 0. The van der Waals surface area contributed by atoms with Crippen LogP contribution in [0.1, 0.15) is 32.1 Å². The van der Waals surface area contributed by atoms with Gasteiger partial charge in [0, 0.05) is 5.92 Å². The van der Waals surface area contributed by atoms with E-state index in [0.29, 0.717) is 0 Å². The lowest BCUT2D eigenvalue weighted by Gasteiger charge is -2.19. The van der Waals surface area contributed by atoms with Gasteiger partial charge < -0.3 is 0 Å². The lowest BCUT2D eigenvalue weighted by atomic mass is 9.89. The predicted molar refractivity (Wildman–Crippen MR) is 65.3 cm³/mol. The number of nitrogens with two attached hydrogens (primary N) is 1. The van der Waals surface area contributed by atoms with Crippen molar-refractivity contribution in [3.63, 3.8) is 0 Å². The number of rotatable bonds is 1. The van der Waals surface area contributed by atoms with E-state index in [1.165, 1.54) is 19.3 Å². The van der Waals surface area contributed by atoms with Crippen LogP contribution in [0.15, 0.2) is 36.4 Å². The van der Waals surface area contributed by atoms with Gasteiger partial charge in [0.2, 0.25) is 5.91 Å². The smallest absolute Gasteiger partial charge is 0.236 e. The average molecular weight is 220 g/mol. The highest BCUT2D eigenvalue weighted by molar-refractivity contribution is 5.77. The first kappa shape index (κ1) is 12.7. The summed E-state index contributed by atoms with van der Waals surface area (Å²) >= 11 is 0. The summed E-state index contributed by atoms with van der Waals surface area (Å²) in [5.74, 6) is 5.21. The summed E-state index contributed by atoms with van der Waals surface area (Å²) in [6.45, 7) is 0. The van der Waals surface area contributed by atoms with Crippen LogP contribution in [0.2, 0.25) is 0 Å². The number of hydrazine groups is 1. The van der Waals surface area contributed by atoms with Gasteiger partial charge in [0.05, 0.1) is 0 Å². The minimum atomic E-state index is 0.0136. The fourth-order valence-electron chi connectivity index (χ4n) is 1.87. The molecule has 0 spiro atoms. The van der Waals surface area contributed by atoms with Gasteiger partial charge in [-0.25, -0.2) is 5.84 Å². The molecular weight excluding hydrogens is 200 g/mol. The highest BCUT2D eigenvalue weighted by Crippen LogP contribution is 2.23. The summed E-state index contributed by atoms with van der Waals surface area (Å²) in [6.07, 6.45) is 5.66. The van der Waals surface area contributed by atoms with Crippen molar-refractivity contribution in [2.75, 3.05) is 0 Å². The van der Waals surface area contributed by atoms with Crippen molar-refractivity contribution in [2.45, 2.75) is 32.1 Å². The zero-order valence-electron chi connectivity index (χ0n) is 9.56. The average Bonchev–Trinajstić information content (AvgIpc) is 2.41. The first-order chi connectivity index (χ1) is 7.84. The predicted octanol–water partition coefficient (Wildman–Crippen LogP) is 2.24. The molecule has 1 aliphatic carbocycles. The summed E-state index contributed by atoms with van der Waals surface area (Å²) in [7, 11) is 0. The Balaban J connectivity index is 0.000000181. The van der Waals surface area contributed by atoms with Gasteiger partial charge in [-0.3, -0.25) is 10.2 Å². The number of carbonyl (C=O) groups is 1. The molecule has 0 bridgehead atoms. The van der Waals surface area contributed by atoms with Crippen molar-refractivity contribution >= 4 is 5.91 Å². The van der Waals surface area contributed by atoms with E-state index < -0.39 is 0 Å². The second-order valence-corrected chi connectivity index (χ2v) is 4.00. The number of hydrogen-bond donors (Lipinski definition) is 2. The third kappa shape index (κ3) is 4.94. The third-order valence-corrected chi connectivity index (χ3v) is 2.78. The Labute approximate surface area is 97.0 Å². The van der Waals surface area contributed by atoms with E-state index in [2.05, 4.69) is 5.43 Å². The quantitative estimate of drug-likeness (QED) is 0.433. The second kappa shape index (κ2) is 7.88. The minimum Gasteiger partial charge on any atom is -0.294 e. The van der Waals surface area contributed by atoms with E-state index in [1.54, 1.807) is 0 Å². The molecule has 2 rings (SSSR count). The molecule has 88 valence electrons. The fraction of sp³-hybridized carbons (Fsp3) is 0.462. The van der Waals surface area contributed by atoms with Gasteiger partial charge in [-0.05, 0) is 12.8 Å². The van der Waals surface area contributed by atoms with E-state index in [1.807, 2.05) is 36.4 Å². The molecule has 3 nitrogen and oxygen atoms in total. The van der Waals surface area contributed by atoms with Gasteiger partial charge in [-0.15, -0.1) is 0 Å². The standard InChI is InChI=1S/C7H14N2O.C6H6/c8-9-7(10)6-4-2-1-3-5-6;1-2-4-6-5-3-1/h6H,1-5,8H2,(H,9,10);1-6H. The van der Waals surface area contributed by atoms with Crippen molar-refractivity contribution in [3.05, 3.63) is 36.4 Å². The van der Waals surface area contributed by atoms with Crippen LogP contribution >= 0.6 is 0 Å². The molecule has 1 aromatic carbocycles. The number of benzene rings is 1. The largest absolute Gasteiger partial charge is 0.294 e. The van der Waals surface area contributed by atoms with E-state index in [9.17, 15) is 4.79 Å². The molecule has 0 aromatic heterocycles. The number of amides is 1. The summed E-state index contributed by atoms with van der Waals surface area (Å²) in [5, 5.41) is 0. The molecule has 0 unspecified atom stereocenters. The summed E-state index contributed by atoms with van der Waals surface area (Å²) in [4.78, 5) is 10.9. The molecule has 0 heterocycles. The highest BCUT2D eigenvalue weighted by Gasteiger charge is 2.19. The molecule has 1 aromatic rings. The van der Waals surface area contributed by atoms with Crippen molar-refractivity contribution < 1.29 is 4.79 Å². The Morgan fingerprint density at radius 2 is 1.38 bits per heavy atom. The molecule has 16 heavy (non-hydrogen) atoms. The van der Waals surface area contributed by atoms with Crippen molar-refractivity contribution in [1.82, 2.24) is 5.43 Å². The van der Waals surface area contributed by atoms with Crippen molar-refractivity contribution in [2.24, 2.45) is 11.8 Å². The number of nitrogens with one attached hydrogen (secondary N) is 1. The zero-order valence-corrected chi connectivity index (χ0v) is 9.56. The van der Waals surface area contributed by atoms with E-state index in [-0.39, 0.29) is 11.8 Å². The molecule has 0 saturated heterocycles. The van der Waals surface area contributed by atoms with Crippen LogP contribution in [0.25, 0.3) is 0 Å². The first-order valence-corrected chi connectivity index (χ1v) is 5.85. The molecule has 0 aliphatic heterocycles. The first-order valence-electron chi connectivity index (χ1n) is 5.85. The molecule has 1 amide bonds. The maximum absolute atomic E-state index is 10.9. The van der Waals surface area contributed by atoms with Crippen LogP contribution < -0.4 is 11.3 Å². The van der Waals surface area contributed by atoms with Gasteiger partial charge in [-0.1, -0.05) is 55.7 Å². The van der Waals surface area contributed by atoms with Crippen LogP contribution in [0, 0.1) is 5.92 Å². The Morgan fingerprint density at radius 1 is 0.938 bits per heavy atom. The van der Waals surface area contributed by atoms with Crippen LogP contribution in [0.5, 0.6) is 0 Å². The van der Waals surface area contributed by atoms with Crippen LogP contribution in [0.4, 0.5) is 0 Å². The molecule has 1 aliphatic rings. The lowest BCUT2D eigenvalue weighted by Crippen LogP contribution is -2.36. The third-order valence-electron chi connectivity index (χ3n) is 2.78. The molecule has 3 heteroatoms. The Morgan fingerprint density at radius 3 is 1.75 bits per heavy atom. The van der Waals surface area contributed by atoms with Gasteiger partial charge in [0.15, 0.2) is 0 Å². The zero-order chi connectivity index (χ0) is 11.6.